The first-order valence-corrected chi connectivity index (χ1v) is 11.1. The molecule has 0 bridgehead atoms. The van der Waals surface area contributed by atoms with Crippen molar-refractivity contribution in [2.45, 2.75) is 18.9 Å². The molecule has 1 aromatic carbocycles. The Hall–Kier alpha value is -2.92. The standard InChI is InChI=1S/C18H17ClFN5O4S/c1-29-18-11-7-9(8-21-16(11)23-24-18)22-17(26)14-12(19)5-6-13(15(14)20)25(10-3-4-10)30(2,27)28/h5-8,10H,3-4H2,1-2H3,(H,22,26)(H,21,23,24). The molecular weight excluding hydrogens is 437 g/mol. The van der Waals surface area contributed by atoms with Crippen LogP contribution in [0.2, 0.25) is 5.02 Å². The van der Waals surface area contributed by atoms with Crippen LogP contribution in [0, 0.1) is 5.82 Å². The quantitative estimate of drug-likeness (QED) is 0.592. The number of ether oxygens (including phenoxy) is 1. The van der Waals surface area contributed by atoms with E-state index in [-0.39, 0.29) is 28.3 Å². The predicted octanol–water partition coefficient (Wildman–Crippen LogP) is 2.94. The van der Waals surface area contributed by atoms with E-state index in [0.717, 1.165) is 10.6 Å². The molecule has 2 aromatic heterocycles. The second-order valence-electron chi connectivity index (χ2n) is 6.85. The van der Waals surface area contributed by atoms with Crippen molar-refractivity contribution in [1.29, 1.82) is 0 Å². The van der Waals surface area contributed by atoms with Crippen molar-refractivity contribution >= 4 is 49.9 Å². The monoisotopic (exact) mass is 453 g/mol. The Labute approximate surface area is 176 Å². The molecule has 30 heavy (non-hydrogen) atoms. The number of rotatable bonds is 6. The van der Waals surface area contributed by atoms with E-state index in [1.165, 1.54) is 25.4 Å². The van der Waals surface area contributed by atoms with Crippen LogP contribution in [0.1, 0.15) is 23.2 Å². The van der Waals surface area contributed by atoms with Gasteiger partial charge in [-0.05, 0) is 31.0 Å². The average Bonchev–Trinajstić information content (AvgIpc) is 3.41. The number of aromatic amines is 1. The van der Waals surface area contributed by atoms with E-state index in [1.54, 1.807) is 6.07 Å². The topological polar surface area (TPSA) is 117 Å². The minimum Gasteiger partial charge on any atom is -0.479 e. The summed E-state index contributed by atoms with van der Waals surface area (Å²) in [6.07, 6.45) is 3.60. The van der Waals surface area contributed by atoms with Crippen molar-refractivity contribution in [2.75, 3.05) is 23.0 Å². The number of anilines is 2. The van der Waals surface area contributed by atoms with E-state index in [9.17, 15) is 13.2 Å². The van der Waals surface area contributed by atoms with Gasteiger partial charge in [-0.15, -0.1) is 5.10 Å². The number of halogens is 2. The van der Waals surface area contributed by atoms with Gasteiger partial charge in [0, 0.05) is 6.04 Å². The van der Waals surface area contributed by atoms with Gasteiger partial charge in [-0.2, -0.15) is 0 Å². The van der Waals surface area contributed by atoms with E-state index in [4.69, 9.17) is 16.3 Å². The number of nitrogens with one attached hydrogen (secondary N) is 2. The summed E-state index contributed by atoms with van der Waals surface area (Å²) < 4.78 is 45.7. The molecule has 0 spiro atoms. The molecular formula is C18H17ClFN5O4S. The fourth-order valence-corrected chi connectivity index (χ4v) is 4.66. The maximum atomic E-state index is 15.3. The molecule has 1 aliphatic carbocycles. The summed E-state index contributed by atoms with van der Waals surface area (Å²) in [5.74, 6) is -1.56. The molecule has 158 valence electrons. The highest BCUT2D eigenvalue weighted by atomic mass is 35.5. The van der Waals surface area contributed by atoms with Gasteiger partial charge in [0.05, 0.1) is 46.9 Å². The van der Waals surface area contributed by atoms with Crippen LogP contribution >= 0.6 is 11.6 Å². The van der Waals surface area contributed by atoms with Crippen molar-refractivity contribution in [2.24, 2.45) is 0 Å². The maximum absolute atomic E-state index is 15.3. The minimum atomic E-state index is -3.73. The van der Waals surface area contributed by atoms with Crippen LogP contribution < -0.4 is 14.4 Å². The zero-order chi connectivity index (χ0) is 21.6. The Morgan fingerprint density at radius 2 is 2.13 bits per heavy atom. The van der Waals surface area contributed by atoms with Crippen LogP contribution in [0.4, 0.5) is 15.8 Å². The molecule has 9 nitrogen and oxygen atoms in total. The van der Waals surface area contributed by atoms with Crippen LogP contribution in [0.5, 0.6) is 5.88 Å². The maximum Gasteiger partial charge on any atom is 0.260 e. The average molecular weight is 454 g/mol. The first-order chi connectivity index (χ1) is 14.2. The Morgan fingerprint density at radius 3 is 2.77 bits per heavy atom. The molecule has 4 rings (SSSR count). The number of sulfonamides is 1. The van der Waals surface area contributed by atoms with Crippen molar-refractivity contribution in [1.82, 2.24) is 15.2 Å². The zero-order valence-corrected chi connectivity index (χ0v) is 17.5. The summed E-state index contributed by atoms with van der Waals surface area (Å²) in [4.78, 5) is 16.9. The molecule has 1 aliphatic rings. The number of carbonyl (C=O) groups is 1. The number of amides is 1. The third-order valence-electron chi connectivity index (χ3n) is 4.60. The number of methoxy groups -OCH3 is 1. The first kappa shape index (κ1) is 20.4. The summed E-state index contributed by atoms with van der Waals surface area (Å²) >= 11 is 6.08. The Balaban J connectivity index is 1.71. The largest absolute Gasteiger partial charge is 0.479 e. The fraction of sp³-hybridized carbons (Fsp3) is 0.278. The summed E-state index contributed by atoms with van der Waals surface area (Å²) in [5.41, 5.74) is 0.0434. The molecule has 0 atom stereocenters. The Bertz CT molecular complexity index is 1260. The number of fused-ring (bicyclic) bond motifs is 1. The van der Waals surface area contributed by atoms with Gasteiger partial charge < -0.3 is 10.1 Å². The minimum absolute atomic E-state index is 0.145. The normalized spacial score (nSPS) is 14.0. The summed E-state index contributed by atoms with van der Waals surface area (Å²) in [7, 11) is -2.29. The number of nitrogens with zero attached hydrogens (tertiary/aromatic N) is 3. The van der Waals surface area contributed by atoms with Gasteiger partial charge in [0.1, 0.15) is 0 Å². The van der Waals surface area contributed by atoms with E-state index in [0.29, 0.717) is 23.9 Å². The van der Waals surface area contributed by atoms with Gasteiger partial charge >= 0.3 is 0 Å². The molecule has 12 heteroatoms. The molecule has 2 heterocycles. The summed E-state index contributed by atoms with van der Waals surface area (Å²) in [6.45, 7) is 0. The van der Waals surface area contributed by atoms with Crippen LogP contribution in [0.3, 0.4) is 0 Å². The van der Waals surface area contributed by atoms with Gasteiger partial charge in [0.25, 0.3) is 5.91 Å². The van der Waals surface area contributed by atoms with Gasteiger partial charge in [0.2, 0.25) is 15.9 Å². The number of benzene rings is 1. The molecule has 3 aromatic rings. The van der Waals surface area contributed by atoms with E-state index in [1.807, 2.05) is 0 Å². The Kier molecular flexibility index (Phi) is 5.02. The first-order valence-electron chi connectivity index (χ1n) is 8.87. The lowest BCUT2D eigenvalue weighted by Gasteiger charge is -2.23. The van der Waals surface area contributed by atoms with E-state index in [2.05, 4.69) is 20.5 Å². The smallest absolute Gasteiger partial charge is 0.260 e. The molecule has 2 N–H and O–H groups in total. The predicted molar refractivity (Wildman–Crippen MR) is 110 cm³/mol. The fourth-order valence-electron chi connectivity index (χ4n) is 3.17. The zero-order valence-electron chi connectivity index (χ0n) is 15.9. The lowest BCUT2D eigenvalue weighted by molar-refractivity contribution is 0.102. The van der Waals surface area contributed by atoms with Crippen molar-refractivity contribution in [3.63, 3.8) is 0 Å². The van der Waals surface area contributed by atoms with Gasteiger partial charge in [-0.3, -0.25) is 14.2 Å². The van der Waals surface area contributed by atoms with Gasteiger partial charge in [0.15, 0.2) is 11.5 Å². The van der Waals surface area contributed by atoms with Gasteiger partial charge in [-0.1, -0.05) is 11.6 Å². The highest BCUT2D eigenvalue weighted by Crippen LogP contribution is 2.38. The van der Waals surface area contributed by atoms with E-state index >= 15 is 4.39 Å². The van der Waals surface area contributed by atoms with Crippen molar-refractivity contribution in [3.8, 4) is 5.88 Å². The number of pyridine rings is 1. The third kappa shape index (κ3) is 3.65. The van der Waals surface area contributed by atoms with Crippen LogP contribution in [-0.4, -0.2) is 48.9 Å². The lowest BCUT2D eigenvalue weighted by atomic mass is 10.1. The number of H-pyrrole nitrogens is 1. The van der Waals surface area contributed by atoms with E-state index < -0.39 is 27.3 Å². The molecule has 1 amide bonds. The number of aromatic nitrogens is 3. The number of hydrogen-bond acceptors (Lipinski definition) is 6. The molecule has 0 radical (unpaired) electrons. The van der Waals surface area contributed by atoms with Crippen LogP contribution in [0.15, 0.2) is 24.4 Å². The van der Waals surface area contributed by atoms with Crippen LogP contribution in [0.25, 0.3) is 11.0 Å². The molecule has 0 aliphatic heterocycles. The SMILES string of the molecule is COc1n[nH]c2ncc(NC(=O)c3c(Cl)ccc(N(C4CC4)S(C)(=O)=O)c3F)cc12. The lowest BCUT2D eigenvalue weighted by Crippen LogP contribution is -2.33. The molecule has 0 saturated heterocycles. The highest BCUT2D eigenvalue weighted by Gasteiger charge is 2.38. The van der Waals surface area contributed by atoms with Crippen molar-refractivity contribution < 1.29 is 22.3 Å². The van der Waals surface area contributed by atoms with Crippen LogP contribution in [-0.2, 0) is 10.0 Å². The van der Waals surface area contributed by atoms with Crippen molar-refractivity contribution in [3.05, 3.63) is 40.8 Å². The second-order valence-corrected chi connectivity index (χ2v) is 9.12. The summed E-state index contributed by atoms with van der Waals surface area (Å²) in [5, 5.41) is 9.52. The molecule has 0 unspecified atom stereocenters. The molecule has 1 fully saturated rings. The second kappa shape index (κ2) is 7.40. The number of hydrogen-bond donors (Lipinski definition) is 2. The number of carbonyl (C=O) groups excluding carboxylic acids is 1. The third-order valence-corrected chi connectivity index (χ3v) is 6.13. The van der Waals surface area contributed by atoms with Gasteiger partial charge in [-0.25, -0.2) is 17.8 Å². The molecule has 1 saturated carbocycles. The highest BCUT2D eigenvalue weighted by molar-refractivity contribution is 7.92. The summed E-state index contributed by atoms with van der Waals surface area (Å²) in [6, 6.07) is 3.80. The Morgan fingerprint density at radius 1 is 1.40 bits per heavy atom.